The number of carboxylic acid groups (broad SMARTS) is 1. The molecule has 0 bridgehead atoms. The van der Waals surface area contributed by atoms with Crippen LogP contribution in [-0.4, -0.2) is 47.5 Å². The van der Waals surface area contributed by atoms with E-state index in [0.29, 0.717) is 0 Å². The fourth-order valence-corrected chi connectivity index (χ4v) is 2.91. The molecule has 7 nitrogen and oxygen atoms in total. The van der Waals surface area contributed by atoms with Gasteiger partial charge in [-0.3, -0.25) is 10.1 Å². The summed E-state index contributed by atoms with van der Waals surface area (Å²) in [7, 11) is 0. The summed E-state index contributed by atoms with van der Waals surface area (Å²) in [6.07, 6.45) is 3.12. The molecular weight excluding hydrogens is 294 g/mol. The molecule has 2 heterocycles. The van der Waals surface area contributed by atoms with E-state index >= 15 is 0 Å². The summed E-state index contributed by atoms with van der Waals surface area (Å²) in [4.78, 5) is 36.2. The van der Waals surface area contributed by atoms with Crippen LogP contribution in [0.5, 0.6) is 0 Å². The van der Waals surface area contributed by atoms with Crippen LogP contribution in [0.25, 0.3) is 0 Å². The first-order valence-electron chi connectivity index (χ1n) is 6.71. The van der Waals surface area contributed by atoms with Crippen molar-refractivity contribution in [3.8, 4) is 0 Å². The lowest BCUT2D eigenvalue weighted by atomic mass is 10.1. The van der Waals surface area contributed by atoms with Gasteiger partial charge < -0.3 is 15.3 Å². The van der Waals surface area contributed by atoms with Crippen molar-refractivity contribution in [1.29, 1.82) is 0 Å². The molecule has 1 saturated heterocycles. The zero-order chi connectivity index (χ0) is 15.2. The Kier molecular flexibility index (Phi) is 5.15. The number of thiophene rings is 1. The number of urea groups is 1. The average Bonchev–Trinajstić information content (AvgIpc) is 2.94. The maximum atomic E-state index is 11.9. The number of rotatable bonds is 4. The van der Waals surface area contributed by atoms with E-state index in [9.17, 15) is 14.4 Å². The molecule has 8 heteroatoms. The lowest BCUT2D eigenvalue weighted by Gasteiger charge is -2.26. The average molecular weight is 311 g/mol. The highest BCUT2D eigenvalue weighted by Gasteiger charge is 2.18. The number of likely N-dealkylation sites (tertiary alicyclic amines) is 1. The van der Waals surface area contributed by atoms with Gasteiger partial charge in [-0.2, -0.15) is 0 Å². The molecule has 3 amide bonds. The van der Waals surface area contributed by atoms with E-state index in [1.54, 1.807) is 10.3 Å². The minimum atomic E-state index is -1.10. The fourth-order valence-electron chi connectivity index (χ4n) is 2.13. The van der Waals surface area contributed by atoms with E-state index < -0.39 is 12.0 Å². The number of carbonyl (C=O) groups excluding carboxylic acids is 2. The predicted octanol–water partition coefficient (Wildman–Crippen LogP) is 1.58. The van der Waals surface area contributed by atoms with Gasteiger partial charge in [-0.05, 0) is 30.7 Å². The van der Waals surface area contributed by atoms with Gasteiger partial charge in [-0.1, -0.05) is 0 Å². The van der Waals surface area contributed by atoms with E-state index in [-0.39, 0.29) is 23.0 Å². The lowest BCUT2D eigenvalue weighted by molar-refractivity contribution is -0.130. The summed E-state index contributed by atoms with van der Waals surface area (Å²) >= 11 is 1.12. The monoisotopic (exact) mass is 311 g/mol. The van der Waals surface area contributed by atoms with E-state index in [2.05, 4.69) is 10.6 Å². The second kappa shape index (κ2) is 7.07. The van der Waals surface area contributed by atoms with Crippen LogP contribution < -0.4 is 10.6 Å². The van der Waals surface area contributed by atoms with E-state index in [1.807, 2.05) is 0 Å². The summed E-state index contributed by atoms with van der Waals surface area (Å²) in [5, 5.41) is 15.7. The van der Waals surface area contributed by atoms with Crippen LogP contribution in [-0.2, 0) is 4.79 Å². The normalized spacial score (nSPS) is 14.6. The number of piperidine rings is 1. The molecule has 0 saturated carbocycles. The number of carbonyl (C=O) groups is 3. The number of aromatic carboxylic acids is 1. The summed E-state index contributed by atoms with van der Waals surface area (Å²) in [5.74, 6) is -1.22. The van der Waals surface area contributed by atoms with Crippen molar-refractivity contribution in [2.24, 2.45) is 0 Å². The Morgan fingerprint density at radius 3 is 2.62 bits per heavy atom. The lowest BCUT2D eigenvalue weighted by Crippen LogP contribution is -2.43. The van der Waals surface area contributed by atoms with Gasteiger partial charge in [-0.15, -0.1) is 11.3 Å². The third-order valence-corrected chi connectivity index (χ3v) is 4.06. The molecule has 1 fully saturated rings. The Labute approximate surface area is 125 Å². The number of hydrogen-bond donors (Lipinski definition) is 3. The largest absolute Gasteiger partial charge is 0.478 e. The van der Waals surface area contributed by atoms with Crippen LogP contribution in [0.3, 0.4) is 0 Å². The standard InChI is InChI=1S/C13H17N3O4S/c17-10(16-5-2-1-3-6-16)8-14-13(20)15-11-9(12(18)19)4-7-21-11/h4,7H,1-3,5-6,8H2,(H,18,19)(H2,14,15,20). The summed E-state index contributed by atoms with van der Waals surface area (Å²) in [5.41, 5.74) is 0.0394. The Hall–Kier alpha value is -2.09. The maximum Gasteiger partial charge on any atom is 0.338 e. The molecule has 1 aliphatic heterocycles. The number of nitrogens with zero attached hydrogens (tertiary/aromatic N) is 1. The van der Waals surface area contributed by atoms with Crippen molar-refractivity contribution in [3.05, 3.63) is 17.0 Å². The molecule has 1 aliphatic rings. The minimum Gasteiger partial charge on any atom is -0.478 e. The zero-order valence-electron chi connectivity index (χ0n) is 11.4. The molecule has 0 aromatic carbocycles. The summed E-state index contributed by atoms with van der Waals surface area (Å²) in [6, 6.07) is 0.840. The van der Waals surface area contributed by atoms with Crippen molar-refractivity contribution >= 4 is 34.2 Å². The first kappa shape index (κ1) is 15.3. The number of carboxylic acids is 1. The SMILES string of the molecule is O=C(NCC(=O)N1CCCCC1)Nc1sccc1C(=O)O. The van der Waals surface area contributed by atoms with E-state index in [0.717, 1.165) is 43.7 Å². The van der Waals surface area contributed by atoms with Crippen molar-refractivity contribution in [2.75, 3.05) is 25.0 Å². The predicted molar refractivity (Wildman–Crippen MR) is 78.7 cm³/mol. The van der Waals surface area contributed by atoms with Gasteiger partial charge in [0.05, 0.1) is 12.1 Å². The first-order valence-corrected chi connectivity index (χ1v) is 7.59. The second-order valence-corrected chi connectivity index (χ2v) is 5.63. The van der Waals surface area contributed by atoms with Gasteiger partial charge in [0.25, 0.3) is 0 Å². The highest BCUT2D eigenvalue weighted by atomic mass is 32.1. The quantitative estimate of drug-likeness (QED) is 0.786. The minimum absolute atomic E-state index is 0.0394. The third kappa shape index (κ3) is 4.19. The smallest absolute Gasteiger partial charge is 0.338 e. The molecule has 2 rings (SSSR count). The zero-order valence-corrected chi connectivity index (χ0v) is 12.2. The molecule has 0 atom stereocenters. The molecule has 3 N–H and O–H groups in total. The van der Waals surface area contributed by atoms with Crippen LogP contribution in [0.2, 0.25) is 0 Å². The molecule has 1 aromatic rings. The number of hydrogen-bond acceptors (Lipinski definition) is 4. The van der Waals surface area contributed by atoms with Gasteiger partial charge in [0.15, 0.2) is 0 Å². The van der Waals surface area contributed by atoms with E-state index in [1.165, 1.54) is 6.07 Å². The van der Waals surface area contributed by atoms with E-state index in [4.69, 9.17) is 5.11 Å². The molecular formula is C13H17N3O4S. The van der Waals surface area contributed by atoms with Crippen molar-refractivity contribution < 1.29 is 19.5 Å². The van der Waals surface area contributed by atoms with Crippen molar-refractivity contribution in [2.45, 2.75) is 19.3 Å². The molecule has 0 radical (unpaired) electrons. The van der Waals surface area contributed by atoms with Crippen molar-refractivity contribution in [1.82, 2.24) is 10.2 Å². The Morgan fingerprint density at radius 1 is 1.24 bits per heavy atom. The molecule has 21 heavy (non-hydrogen) atoms. The van der Waals surface area contributed by atoms with Gasteiger partial charge in [0.1, 0.15) is 5.00 Å². The van der Waals surface area contributed by atoms with Crippen LogP contribution in [0.15, 0.2) is 11.4 Å². The van der Waals surface area contributed by atoms with Gasteiger partial charge in [0.2, 0.25) is 5.91 Å². The van der Waals surface area contributed by atoms with Crippen LogP contribution in [0.1, 0.15) is 29.6 Å². The molecule has 0 spiro atoms. The van der Waals surface area contributed by atoms with Gasteiger partial charge >= 0.3 is 12.0 Å². The first-order chi connectivity index (χ1) is 10.1. The summed E-state index contributed by atoms with van der Waals surface area (Å²) in [6.45, 7) is 1.38. The maximum absolute atomic E-state index is 11.9. The number of nitrogens with one attached hydrogen (secondary N) is 2. The van der Waals surface area contributed by atoms with Crippen molar-refractivity contribution in [3.63, 3.8) is 0 Å². The third-order valence-electron chi connectivity index (χ3n) is 3.23. The van der Waals surface area contributed by atoms with Gasteiger partial charge in [-0.25, -0.2) is 9.59 Å². The number of amides is 3. The van der Waals surface area contributed by atoms with Crippen LogP contribution in [0, 0.1) is 0 Å². The molecule has 0 aliphatic carbocycles. The molecule has 1 aromatic heterocycles. The Morgan fingerprint density at radius 2 is 1.95 bits per heavy atom. The van der Waals surface area contributed by atoms with Crippen LogP contribution >= 0.6 is 11.3 Å². The summed E-state index contributed by atoms with van der Waals surface area (Å²) < 4.78 is 0. The second-order valence-electron chi connectivity index (χ2n) is 4.72. The van der Waals surface area contributed by atoms with Gasteiger partial charge in [0, 0.05) is 13.1 Å². The fraction of sp³-hybridized carbons (Fsp3) is 0.462. The van der Waals surface area contributed by atoms with Crippen LogP contribution in [0.4, 0.5) is 9.80 Å². The Balaban J connectivity index is 1.80. The molecule has 114 valence electrons. The molecule has 0 unspecified atom stereocenters. The topological polar surface area (TPSA) is 98.7 Å². The Bertz CT molecular complexity index is 537. The highest BCUT2D eigenvalue weighted by Crippen LogP contribution is 2.22. The highest BCUT2D eigenvalue weighted by molar-refractivity contribution is 7.14. The number of anilines is 1.